The van der Waals surface area contributed by atoms with E-state index in [1.807, 2.05) is 0 Å². The van der Waals surface area contributed by atoms with Crippen molar-refractivity contribution in [1.82, 2.24) is 0 Å². The fraction of sp³-hybridized carbons (Fsp3) is 1.00. The van der Waals surface area contributed by atoms with Gasteiger partial charge >= 0.3 is 6.36 Å². The second kappa shape index (κ2) is 6.96. The van der Waals surface area contributed by atoms with E-state index >= 15 is 0 Å². The van der Waals surface area contributed by atoms with E-state index in [9.17, 15) is 13.2 Å². The molecule has 4 heteroatoms. The number of hydrogen-bond acceptors (Lipinski definition) is 1. The highest BCUT2D eigenvalue weighted by atomic mass is 19.4. The molecule has 0 radical (unpaired) electrons. The minimum atomic E-state index is -4.46. The zero-order valence-electron chi connectivity index (χ0n) is 11.6. The van der Waals surface area contributed by atoms with E-state index in [0.717, 1.165) is 18.8 Å². The maximum Gasteiger partial charge on any atom is 0.522 e. The first kappa shape index (κ1) is 15.1. The third-order valence-electron chi connectivity index (χ3n) is 4.80. The van der Waals surface area contributed by atoms with E-state index in [0.29, 0.717) is 18.8 Å². The van der Waals surface area contributed by atoms with Gasteiger partial charge in [-0.3, -0.25) is 4.74 Å². The van der Waals surface area contributed by atoms with Crippen LogP contribution in [0.3, 0.4) is 0 Å². The lowest BCUT2D eigenvalue weighted by Gasteiger charge is -2.30. The Balaban J connectivity index is 1.60. The summed E-state index contributed by atoms with van der Waals surface area (Å²) in [6.45, 7) is 0. The van der Waals surface area contributed by atoms with E-state index in [-0.39, 0.29) is 0 Å². The molecule has 0 heterocycles. The van der Waals surface area contributed by atoms with Gasteiger partial charge in [-0.1, -0.05) is 44.9 Å². The fourth-order valence-electron chi connectivity index (χ4n) is 3.67. The lowest BCUT2D eigenvalue weighted by molar-refractivity contribution is -0.345. The average Bonchev–Trinajstić information content (AvgIpc) is 2.37. The van der Waals surface area contributed by atoms with Crippen molar-refractivity contribution in [2.75, 3.05) is 0 Å². The Morgan fingerprint density at radius 1 is 0.737 bits per heavy atom. The van der Waals surface area contributed by atoms with Crippen molar-refractivity contribution in [3.63, 3.8) is 0 Å². The van der Waals surface area contributed by atoms with Gasteiger partial charge in [-0.2, -0.15) is 0 Å². The molecule has 0 aliphatic heterocycles. The van der Waals surface area contributed by atoms with Gasteiger partial charge in [0.25, 0.3) is 0 Å². The first-order valence-corrected chi connectivity index (χ1v) is 7.77. The van der Waals surface area contributed by atoms with Crippen LogP contribution in [-0.2, 0) is 4.74 Å². The van der Waals surface area contributed by atoms with Crippen molar-refractivity contribution in [2.45, 2.75) is 83.1 Å². The highest BCUT2D eigenvalue weighted by Gasteiger charge is 2.35. The first-order chi connectivity index (χ1) is 9.03. The minimum Gasteiger partial charge on any atom is -0.289 e. The molecular formula is C15H25F3O. The molecule has 0 amide bonds. The van der Waals surface area contributed by atoms with Gasteiger partial charge in [0, 0.05) is 0 Å². The van der Waals surface area contributed by atoms with Crippen LogP contribution in [0.25, 0.3) is 0 Å². The molecule has 0 unspecified atom stereocenters. The Hall–Kier alpha value is -0.250. The first-order valence-electron chi connectivity index (χ1n) is 7.77. The van der Waals surface area contributed by atoms with Gasteiger partial charge in [0.05, 0.1) is 6.10 Å². The van der Waals surface area contributed by atoms with Gasteiger partial charge in [-0.25, -0.2) is 0 Å². The second-order valence-electron chi connectivity index (χ2n) is 6.29. The summed E-state index contributed by atoms with van der Waals surface area (Å²) in [5.41, 5.74) is 0. The molecule has 19 heavy (non-hydrogen) atoms. The van der Waals surface area contributed by atoms with E-state index in [4.69, 9.17) is 0 Å². The molecule has 2 aliphatic carbocycles. The van der Waals surface area contributed by atoms with Crippen molar-refractivity contribution in [1.29, 1.82) is 0 Å². The summed E-state index contributed by atoms with van der Waals surface area (Å²) in [5, 5.41) is 0. The number of rotatable bonds is 4. The summed E-state index contributed by atoms with van der Waals surface area (Å²) < 4.78 is 40.4. The molecule has 0 bridgehead atoms. The van der Waals surface area contributed by atoms with Gasteiger partial charge in [-0.15, -0.1) is 13.2 Å². The third-order valence-corrected chi connectivity index (χ3v) is 4.80. The topological polar surface area (TPSA) is 9.23 Å². The lowest BCUT2D eigenvalue weighted by Crippen LogP contribution is -2.28. The normalized spacial score (nSPS) is 30.5. The molecule has 0 aromatic rings. The Morgan fingerprint density at radius 2 is 1.26 bits per heavy atom. The zero-order valence-corrected chi connectivity index (χ0v) is 11.6. The van der Waals surface area contributed by atoms with Crippen molar-refractivity contribution in [3.05, 3.63) is 0 Å². The van der Waals surface area contributed by atoms with Gasteiger partial charge in [0.1, 0.15) is 0 Å². The summed E-state index contributed by atoms with van der Waals surface area (Å²) in [7, 11) is 0. The quantitative estimate of drug-likeness (QED) is 0.665. The van der Waals surface area contributed by atoms with Gasteiger partial charge < -0.3 is 0 Å². The van der Waals surface area contributed by atoms with Crippen LogP contribution in [0.1, 0.15) is 70.6 Å². The predicted molar refractivity (Wildman–Crippen MR) is 68.7 cm³/mol. The van der Waals surface area contributed by atoms with E-state index in [1.165, 1.54) is 44.9 Å². The fourth-order valence-corrected chi connectivity index (χ4v) is 3.67. The molecular weight excluding hydrogens is 253 g/mol. The predicted octanol–water partition coefficient (Wildman–Crippen LogP) is 5.44. The second-order valence-corrected chi connectivity index (χ2v) is 6.29. The summed E-state index contributed by atoms with van der Waals surface area (Å²) >= 11 is 0. The number of alkyl halides is 3. The number of ether oxygens (including phenoxy) is 1. The van der Waals surface area contributed by atoms with E-state index in [1.54, 1.807) is 0 Å². The Morgan fingerprint density at radius 3 is 1.79 bits per heavy atom. The standard InChI is InChI=1S/C15H25F3O/c16-15(17,18)19-14-10-8-13(9-11-14)7-6-12-4-2-1-3-5-12/h12-14H,1-11H2. The summed E-state index contributed by atoms with van der Waals surface area (Å²) in [6, 6.07) is 0. The summed E-state index contributed by atoms with van der Waals surface area (Å²) in [5.74, 6) is 1.52. The average molecular weight is 278 g/mol. The lowest BCUT2D eigenvalue weighted by atomic mass is 9.79. The molecule has 0 aromatic heterocycles. The number of halogens is 3. The molecule has 2 fully saturated rings. The maximum atomic E-state index is 12.1. The van der Waals surface area contributed by atoms with Crippen LogP contribution in [0.15, 0.2) is 0 Å². The minimum absolute atomic E-state index is 0.578. The summed E-state index contributed by atoms with van der Waals surface area (Å²) in [4.78, 5) is 0. The Labute approximate surface area is 113 Å². The van der Waals surface area contributed by atoms with Crippen LogP contribution >= 0.6 is 0 Å². The van der Waals surface area contributed by atoms with E-state index in [2.05, 4.69) is 4.74 Å². The molecule has 2 rings (SSSR count). The molecule has 112 valence electrons. The van der Waals surface area contributed by atoms with Crippen molar-refractivity contribution < 1.29 is 17.9 Å². The molecule has 1 nitrogen and oxygen atoms in total. The Bertz CT molecular complexity index is 251. The largest absolute Gasteiger partial charge is 0.522 e. The highest BCUT2D eigenvalue weighted by molar-refractivity contribution is 4.75. The van der Waals surface area contributed by atoms with Crippen LogP contribution in [0.5, 0.6) is 0 Å². The van der Waals surface area contributed by atoms with Crippen LogP contribution < -0.4 is 0 Å². The van der Waals surface area contributed by atoms with E-state index < -0.39 is 12.5 Å². The zero-order chi connectivity index (χ0) is 13.7. The molecule has 0 atom stereocenters. The van der Waals surface area contributed by atoms with Crippen molar-refractivity contribution in [3.8, 4) is 0 Å². The summed E-state index contributed by atoms with van der Waals surface area (Å²) in [6.07, 6.45) is 7.29. The highest BCUT2D eigenvalue weighted by Crippen LogP contribution is 2.35. The van der Waals surface area contributed by atoms with Crippen LogP contribution in [0.2, 0.25) is 0 Å². The van der Waals surface area contributed by atoms with Gasteiger partial charge in [0.15, 0.2) is 0 Å². The van der Waals surface area contributed by atoms with Crippen LogP contribution in [-0.4, -0.2) is 12.5 Å². The van der Waals surface area contributed by atoms with Crippen molar-refractivity contribution in [2.24, 2.45) is 11.8 Å². The SMILES string of the molecule is FC(F)(F)OC1CCC(CCC2CCCCC2)CC1. The molecule has 0 spiro atoms. The molecule has 2 aliphatic rings. The van der Waals surface area contributed by atoms with Gasteiger partial charge in [0.2, 0.25) is 0 Å². The monoisotopic (exact) mass is 278 g/mol. The number of hydrogen-bond donors (Lipinski definition) is 0. The molecule has 0 N–H and O–H groups in total. The smallest absolute Gasteiger partial charge is 0.289 e. The molecule has 0 saturated heterocycles. The van der Waals surface area contributed by atoms with Gasteiger partial charge in [-0.05, 0) is 37.5 Å². The molecule has 2 saturated carbocycles. The van der Waals surface area contributed by atoms with Crippen LogP contribution in [0.4, 0.5) is 13.2 Å². The third kappa shape index (κ3) is 5.72. The Kier molecular flexibility index (Phi) is 5.55. The van der Waals surface area contributed by atoms with Crippen molar-refractivity contribution >= 4 is 0 Å². The molecule has 0 aromatic carbocycles. The van der Waals surface area contributed by atoms with Crippen LogP contribution in [0, 0.1) is 11.8 Å². The maximum absolute atomic E-state index is 12.1.